The highest BCUT2D eigenvalue weighted by atomic mass is 19.4. The van der Waals surface area contributed by atoms with Crippen LogP contribution in [-0.4, -0.2) is 15.9 Å². The van der Waals surface area contributed by atoms with Gasteiger partial charge in [-0.2, -0.15) is 13.2 Å². The highest BCUT2D eigenvalue weighted by Gasteiger charge is 2.30. The first-order valence-corrected chi connectivity index (χ1v) is 7.51. The van der Waals surface area contributed by atoms with Gasteiger partial charge in [-0.05, 0) is 24.3 Å². The normalized spacial score (nSPS) is 11.2. The van der Waals surface area contributed by atoms with Crippen molar-refractivity contribution in [1.29, 1.82) is 0 Å². The summed E-state index contributed by atoms with van der Waals surface area (Å²) in [5.74, 6) is -0.282. The SMILES string of the molecule is NC(=O)c1cnc(-c2ccccc2)nc1Nc1ccc(C(F)(F)F)cc1. The molecule has 0 unspecified atom stereocenters. The van der Waals surface area contributed by atoms with Gasteiger partial charge in [0.05, 0.1) is 5.56 Å². The van der Waals surface area contributed by atoms with E-state index in [1.165, 1.54) is 18.3 Å². The number of hydrogen-bond acceptors (Lipinski definition) is 4. The molecule has 3 aromatic rings. The van der Waals surface area contributed by atoms with Crippen LogP contribution in [0, 0.1) is 0 Å². The van der Waals surface area contributed by atoms with Gasteiger partial charge in [-0.15, -0.1) is 0 Å². The molecule has 2 aromatic carbocycles. The summed E-state index contributed by atoms with van der Waals surface area (Å²) in [7, 11) is 0. The van der Waals surface area contributed by atoms with E-state index in [0.29, 0.717) is 11.5 Å². The van der Waals surface area contributed by atoms with Crippen molar-refractivity contribution in [2.45, 2.75) is 6.18 Å². The molecule has 3 rings (SSSR count). The van der Waals surface area contributed by atoms with Gasteiger partial charge >= 0.3 is 6.18 Å². The second-order valence-corrected chi connectivity index (χ2v) is 5.39. The lowest BCUT2D eigenvalue weighted by atomic mass is 10.2. The van der Waals surface area contributed by atoms with Crippen LogP contribution in [0.3, 0.4) is 0 Å². The van der Waals surface area contributed by atoms with E-state index in [1.54, 1.807) is 12.1 Å². The molecule has 26 heavy (non-hydrogen) atoms. The van der Waals surface area contributed by atoms with E-state index >= 15 is 0 Å². The van der Waals surface area contributed by atoms with E-state index in [0.717, 1.165) is 17.7 Å². The Balaban J connectivity index is 1.96. The lowest BCUT2D eigenvalue weighted by molar-refractivity contribution is -0.137. The van der Waals surface area contributed by atoms with E-state index < -0.39 is 17.6 Å². The maximum Gasteiger partial charge on any atom is 0.416 e. The third-order valence-electron chi connectivity index (χ3n) is 3.56. The molecule has 0 bridgehead atoms. The number of alkyl halides is 3. The Morgan fingerprint density at radius 2 is 1.65 bits per heavy atom. The van der Waals surface area contributed by atoms with Crippen LogP contribution >= 0.6 is 0 Å². The highest BCUT2D eigenvalue weighted by molar-refractivity contribution is 5.98. The van der Waals surface area contributed by atoms with Gasteiger partial charge in [0.15, 0.2) is 5.82 Å². The Kier molecular flexibility index (Phi) is 4.57. The first kappa shape index (κ1) is 17.4. The fraction of sp³-hybridized carbons (Fsp3) is 0.0556. The van der Waals surface area contributed by atoms with Crippen LogP contribution < -0.4 is 11.1 Å². The molecule has 0 aliphatic heterocycles. The van der Waals surface area contributed by atoms with E-state index in [-0.39, 0.29) is 11.4 Å². The summed E-state index contributed by atoms with van der Waals surface area (Å²) >= 11 is 0. The number of carbonyl (C=O) groups excluding carboxylic acids is 1. The van der Waals surface area contributed by atoms with Crippen LogP contribution in [0.4, 0.5) is 24.7 Å². The van der Waals surface area contributed by atoms with Crippen molar-refractivity contribution in [2.75, 3.05) is 5.32 Å². The maximum atomic E-state index is 12.7. The molecule has 1 amide bonds. The summed E-state index contributed by atoms with van der Waals surface area (Å²) in [5.41, 5.74) is 5.64. The smallest absolute Gasteiger partial charge is 0.365 e. The standard InChI is InChI=1S/C18H13F3N4O/c19-18(20,21)12-6-8-13(9-7-12)24-17-14(15(22)26)10-23-16(25-17)11-4-2-1-3-5-11/h1-10H,(H2,22,26)(H,23,24,25). The van der Waals surface area contributed by atoms with Crippen LogP contribution in [0.25, 0.3) is 11.4 Å². The number of nitrogens with zero attached hydrogens (tertiary/aromatic N) is 2. The predicted octanol–water partition coefficient (Wildman–Crippen LogP) is 4.00. The quantitative estimate of drug-likeness (QED) is 0.739. The summed E-state index contributed by atoms with van der Waals surface area (Å²) in [4.78, 5) is 20.0. The van der Waals surface area contributed by atoms with E-state index in [4.69, 9.17) is 5.73 Å². The zero-order chi connectivity index (χ0) is 18.7. The molecule has 0 aliphatic carbocycles. The lowest BCUT2D eigenvalue weighted by Gasteiger charge is -2.12. The summed E-state index contributed by atoms with van der Waals surface area (Å²) in [6.45, 7) is 0. The number of aromatic nitrogens is 2. The van der Waals surface area contributed by atoms with E-state index in [9.17, 15) is 18.0 Å². The van der Waals surface area contributed by atoms with Crippen molar-refractivity contribution in [3.63, 3.8) is 0 Å². The average molecular weight is 358 g/mol. The number of carbonyl (C=O) groups is 1. The minimum absolute atomic E-state index is 0.0320. The van der Waals surface area contributed by atoms with Gasteiger partial charge in [0.25, 0.3) is 5.91 Å². The number of primary amides is 1. The number of halogens is 3. The summed E-state index contributed by atoms with van der Waals surface area (Å²) in [5, 5.41) is 2.82. The number of anilines is 2. The molecule has 0 radical (unpaired) electrons. The van der Waals surface area contributed by atoms with Crippen LogP contribution in [0.15, 0.2) is 60.8 Å². The molecule has 8 heteroatoms. The Hall–Kier alpha value is -3.42. The number of benzene rings is 2. The summed E-state index contributed by atoms with van der Waals surface area (Å²) < 4.78 is 38.0. The van der Waals surface area contributed by atoms with Crippen molar-refractivity contribution in [3.8, 4) is 11.4 Å². The first-order chi connectivity index (χ1) is 12.3. The van der Waals surface area contributed by atoms with Crippen molar-refractivity contribution in [2.24, 2.45) is 5.73 Å². The number of amides is 1. The molecule has 132 valence electrons. The molecule has 3 N–H and O–H groups in total. The Bertz CT molecular complexity index is 925. The molecule has 0 spiro atoms. The second-order valence-electron chi connectivity index (χ2n) is 5.39. The summed E-state index contributed by atoms with van der Waals surface area (Å²) in [6.07, 6.45) is -3.14. The van der Waals surface area contributed by atoms with Gasteiger partial charge in [-0.1, -0.05) is 30.3 Å². The van der Waals surface area contributed by atoms with Gasteiger partial charge in [-0.25, -0.2) is 9.97 Å². The molecular weight excluding hydrogens is 345 g/mol. The molecule has 0 aliphatic rings. The zero-order valence-electron chi connectivity index (χ0n) is 13.3. The highest BCUT2D eigenvalue weighted by Crippen LogP contribution is 2.30. The molecule has 1 heterocycles. The van der Waals surface area contributed by atoms with Crippen LogP contribution in [-0.2, 0) is 6.18 Å². The van der Waals surface area contributed by atoms with Crippen LogP contribution in [0.5, 0.6) is 0 Å². The van der Waals surface area contributed by atoms with Crippen molar-refractivity contribution >= 4 is 17.4 Å². The monoisotopic (exact) mass is 358 g/mol. The van der Waals surface area contributed by atoms with Crippen molar-refractivity contribution in [3.05, 3.63) is 71.9 Å². The third kappa shape index (κ3) is 3.80. The van der Waals surface area contributed by atoms with Gasteiger partial charge in [-0.3, -0.25) is 4.79 Å². The Labute approximate surface area is 146 Å². The van der Waals surface area contributed by atoms with Crippen LogP contribution in [0.2, 0.25) is 0 Å². The predicted molar refractivity (Wildman–Crippen MR) is 90.7 cm³/mol. The molecule has 0 saturated heterocycles. The fourth-order valence-electron chi connectivity index (χ4n) is 2.26. The molecule has 0 fully saturated rings. The molecule has 1 aromatic heterocycles. The van der Waals surface area contributed by atoms with Gasteiger partial charge in [0.2, 0.25) is 0 Å². The maximum absolute atomic E-state index is 12.7. The Morgan fingerprint density at radius 1 is 1.00 bits per heavy atom. The number of rotatable bonds is 4. The minimum Gasteiger partial charge on any atom is -0.365 e. The molecule has 0 atom stereocenters. The minimum atomic E-state index is -4.42. The zero-order valence-corrected chi connectivity index (χ0v) is 13.3. The number of nitrogens with one attached hydrogen (secondary N) is 1. The molecule has 0 saturated carbocycles. The van der Waals surface area contributed by atoms with Gasteiger partial charge in [0.1, 0.15) is 11.4 Å². The summed E-state index contributed by atoms with van der Waals surface area (Å²) in [6, 6.07) is 13.4. The Morgan fingerprint density at radius 3 is 2.23 bits per heavy atom. The van der Waals surface area contributed by atoms with E-state index in [2.05, 4.69) is 15.3 Å². The fourth-order valence-corrected chi connectivity index (χ4v) is 2.26. The van der Waals surface area contributed by atoms with Gasteiger partial charge < -0.3 is 11.1 Å². The second kappa shape index (κ2) is 6.83. The third-order valence-corrected chi connectivity index (χ3v) is 3.56. The largest absolute Gasteiger partial charge is 0.416 e. The van der Waals surface area contributed by atoms with Gasteiger partial charge in [0, 0.05) is 17.4 Å². The first-order valence-electron chi connectivity index (χ1n) is 7.51. The lowest BCUT2D eigenvalue weighted by Crippen LogP contribution is -2.15. The van der Waals surface area contributed by atoms with Crippen LogP contribution in [0.1, 0.15) is 15.9 Å². The molecule has 5 nitrogen and oxygen atoms in total. The topological polar surface area (TPSA) is 80.9 Å². The molecular formula is C18H13F3N4O. The van der Waals surface area contributed by atoms with Crippen molar-refractivity contribution < 1.29 is 18.0 Å². The average Bonchev–Trinajstić information content (AvgIpc) is 2.62. The number of nitrogens with two attached hydrogens (primary N) is 1. The van der Waals surface area contributed by atoms with E-state index in [1.807, 2.05) is 18.2 Å². The number of hydrogen-bond donors (Lipinski definition) is 2. The van der Waals surface area contributed by atoms with Crippen molar-refractivity contribution in [1.82, 2.24) is 9.97 Å².